The van der Waals surface area contributed by atoms with Crippen LogP contribution >= 0.6 is 0 Å². The van der Waals surface area contributed by atoms with Crippen LogP contribution in [0.25, 0.3) is 11.0 Å². The van der Waals surface area contributed by atoms with Gasteiger partial charge in [-0.1, -0.05) is 13.0 Å². The first kappa shape index (κ1) is 15.9. The summed E-state index contributed by atoms with van der Waals surface area (Å²) in [5.41, 5.74) is 3.05. The maximum atomic E-state index is 5.52. The van der Waals surface area contributed by atoms with Crippen molar-refractivity contribution in [3.63, 3.8) is 0 Å². The molecule has 1 unspecified atom stereocenters. The Morgan fingerprint density at radius 2 is 1.90 bits per heavy atom. The largest absolute Gasteiger partial charge is 0.379 e. The van der Waals surface area contributed by atoms with Crippen LogP contribution in [0.4, 0.5) is 0 Å². The van der Waals surface area contributed by atoms with E-state index in [1.807, 2.05) is 6.07 Å². The Hall–Kier alpha value is -1.52. The molecule has 0 aliphatic rings. The van der Waals surface area contributed by atoms with Gasteiger partial charge >= 0.3 is 0 Å². The van der Waals surface area contributed by atoms with Gasteiger partial charge in [-0.3, -0.25) is 9.97 Å². The molecule has 1 aromatic carbocycles. The van der Waals surface area contributed by atoms with E-state index in [0.717, 1.165) is 30.4 Å². The monoisotopic (exact) mass is 287 g/mol. The highest BCUT2D eigenvalue weighted by Crippen LogP contribution is 2.26. The predicted octanol–water partition coefficient (Wildman–Crippen LogP) is 3.49. The Labute approximate surface area is 127 Å². The summed E-state index contributed by atoms with van der Waals surface area (Å²) >= 11 is 0. The van der Waals surface area contributed by atoms with Gasteiger partial charge in [0.05, 0.1) is 16.6 Å². The molecule has 0 aliphatic heterocycles. The average molecular weight is 287 g/mol. The van der Waals surface area contributed by atoms with Gasteiger partial charge in [0, 0.05) is 25.5 Å². The number of aromatic nitrogens is 2. The minimum absolute atomic E-state index is 0.0929. The first-order valence-corrected chi connectivity index (χ1v) is 7.55. The molecule has 0 spiro atoms. The second-order valence-electron chi connectivity index (χ2n) is 5.92. The van der Waals surface area contributed by atoms with Gasteiger partial charge in [-0.15, -0.1) is 0 Å². The number of nitrogens with one attached hydrogen (secondary N) is 1. The zero-order valence-corrected chi connectivity index (χ0v) is 13.4. The summed E-state index contributed by atoms with van der Waals surface area (Å²) in [6.07, 6.45) is 5.49. The number of nitrogens with zero attached hydrogens (tertiary/aromatic N) is 2. The normalized spacial score (nSPS) is 13.5. The average Bonchev–Trinajstić information content (AvgIpc) is 2.51. The van der Waals surface area contributed by atoms with E-state index >= 15 is 0 Å². The Balaban J connectivity index is 2.19. The lowest BCUT2D eigenvalue weighted by molar-refractivity contribution is 0.0117. The molecule has 114 valence electrons. The van der Waals surface area contributed by atoms with Crippen LogP contribution in [0.2, 0.25) is 0 Å². The third-order valence-electron chi connectivity index (χ3n) is 3.93. The smallest absolute Gasteiger partial charge is 0.0890 e. The van der Waals surface area contributed by atoms with E-state index < -0.39 is 0 Å². The van der Waals surface area contributed by atoms with Gasteiger partial charge < -0.3 is 10.1 Å². The fourth-order valence-corrected chi connectivity index (χ4v) is 2.42. The van der Waals surface area contributed by atoms with Crippen LogP contribution in [0, 0.1) is 0 Å². The molecule has 1 aromatic heterocycles. The lowest BCUT2D eigenvalue weighted by Crippen LogP contribution is -2.27. The number of hydrogen-bond acceptors (Lipinski definition) is 4. The number of rotatable bonds is 7. The first-order chi connectivity index (χ1) is 10.1. The van der Waals surface area contributed by atoms with Gasteiger partial charge in [0.25, 0.3) is 0 Å². The van der Waals surface area contributed by atoms with Crippen molar-refractivity contribution < 1.29 is 4.74 Å². The quantitative estimate of drug-likeness (QED) is 0.847. The lowest BCUT2D eigenvalue weighted by Gasteiger charge is -2.26. The SMILES string of the molecule is CCNC(CCC(C)(C)OC)c1ccc2nccnc2c1. The van der Waals surface area contributed by atoms with Crippen LogP contribution in [0.15, 0.2) is 30.6 Å². The molecule has 21 heavy (non-hydrogen) atoms. The van der Waals surface area contributed by atoms with Gasteiger partial charge in [-0.25, -0.2) is 0 Å². The summed E-state index contributed by atoms with van der Waals surface area (Å²) in [4.78, 5) is 8.72. The van der Waals surface area contributed by atoms with E-state index in [4.69, 9.17) is 4.74 Å². The Bertz CT molecular complexity index is 583. The second-order valence-corrected chi connectivity index (χ2v) is 5.92. The molecule has 4 heteroatoms. The predicted molar refractivity (Wildman–Crippen MR) is 86.3 cm³/mol. The standard InChI is InChI=1S/C17H25N3O/c1-5-18-14(8-9-17(2,3)21-4)13-6-7-15-16(12-13)20-11-10-19-15/h6-7,10-12,14,18H,5,8-9H2,1-4H3. The van der Waals surface area contributed by atoms with Crippen molar-refractivity contribution in [1.82, 2.24) is 15.3 Å². The molecule has 0 bridgehead atoms. The van der Waals surface area contributed by atoms with Crippen LogP contribution in [-0.4, -0.2) is 29.2 Å². The number of fused-ring (bicyclic) bond motifs is 1. The minimum atomic E-state index is -0.0929. The zero-order chi connectivity index (χ0) is 15.3. The van der Waals surface area contributed by atoms with Crippen molar-refractivity contribution in [1.29, 1.82) is 0 Å². The number of hydrogen-bond donors (Lipinski definition) is 1. The van der Waals surface area contributed by atoms with Crippen LogP contribution in [0.3, 0.4) is 0 Å². The van der Waals surface area contributed by atoms with E-state index in [1.165, 1.54) is 5.56 Å². The summed E-state index contributed by atoms with van der Waals surface area (Å²) in [6, 6.07) is 6.64. The number of ether oxygens (including phenoxy) is 1. The maximum Gasteiger partial charge on any atom is 0.0890 e. The molecule has 0 radical (unpaired) electrons. The maximum absolute atomic E-state index is 5.52. The topological polar surface area (TPSA) is 47.0 Å². The highest BCUT2D eigenvalue weighted by molar-refractivity contribution is 5.74. The summed E-state index contributed by atoms with van der Waals surface area (Å²) in [5, 5.41) is 3.56. The molecule has 0 fully saturated rings. The summed E-state index contributed by atoms with van der Waals surface area (Å²) in [5.74, 6) is 0. The molecule has 2 rings (SSSR count). The van der Waals surface area contributed by atoms with Crippen LogP contribution in [0.1, 0.15) is 45.2 Å². The molecule has 0 amide bonds. The second kappa shape index (κ2) is 6.96. The molecule has 0 aliphatic carbocycles. The van der Waals surface area contributed by atoms with Gasteiger partial charge in [-0.05, 0) is 50.9 Å². The third kappa shape index (κ3) is 4.22. The van der Waals surface area contributed by atoms with Crippen molar-refractivity contribution in [3.8, 4) is 0 Å². The highest BCUT2D eigenvalue weighted by atomic mass is 16.5. The summed E-state index contributed by atoms with van der Waals surface area (Å²) in [7, 11) is 1.77. The van der Waals surface area contributed by atoms with Crippen LogP contribution in [-0.2, 0) is 4.74 Å². The number of methoxy groups -OCH3 is 1. The van der Waals surface area contributed by atoms with Crippen LogP contribution < -0.4 is 5.32 Å². The first-order valence-electron chi connectivity index (χ1n) is 7.55. The van der Waals surface area contributed by atoms with E-state index in [0.29, 0.717) is 6.04 Å². The molecule has 4 nitrogen and oxygen atoms in total. The van der Waals surface area contributed by atoms with Gasteiger partial charge in [-0.2, -0.15) is 0 Å². The Morgan fingerprint density at radius 1 is 1.19 bits per heavy atom. The minimum Gasteiger partial charge on any atom is -0.379 e. The Kier molecular flexibility index (Phi) is 5.26. The van der Waals surface area contributed by atoms with E-state index in [-0.39, 0.29) is 5.60 Å². The van der Waals surface area contributed by atoms with Gasteiger partial charge in [0.15, 0.2) is 0 Å². The molecule has 0 saturated carbocycles. The van der Waals surface area contributed by atoms with Crippen molar-refractivity contribution in [2.75, 3.05) is 13.7 Å². The molecular weight excluding hydrogens is 262 g/mol. The third-order valence-corrected chi connectivity index (χ3v) is 3.93. The molecular formula is C17H25N3O. The summed E-state index contributed by atoms with van der Waals surface area (Å²) in [6.45, 7) is 7.33. The molecule has 2 aromatic rings. The fourth-order valence-electron chi connectivity index (χ4n) is 2.42. The van der Waals surface area contributed by atoms with Crippen LogP contribution in [0.5, 0.6) is 0 Å². The van der Waals surface area contributed by atoms with E-state index in [9.17, 15) is 0 Å². The molecule has 1 atom stereocenters. The molecule has 1 N–H and O–H groups in total. The van der Waals surface area contributed by atoms with Gasteiger partial charge in [0.1, 0.15) is 0 Å². The fraction of sp³-hybridized carbons (Fsp3) is 0.529. The van der Waals surface area contributed by atoms with Gasteiger partial charge in [0.2, 0.25) is 0 Å². The van der Waals surface area contributed by atoms with E-state index in [1.54, 1.807) is 19.5 Å². The van der Waals surface area contributed by atoms with E-state index in [2.05, 4.69) is 48.2 Å². The van der Waals surface area contributed by atoms with Crippen molar-refractivity contribution in [3.05, 3.63) is 36.2 Å². The zero-order valence-electron chi connectivity index (χ0n) is 13.4. The lowest BCUT2D eigenvalue weighted by atomic mass is 9.94. The van der Waals surface area contributed by atoms with Crippen molar-refractivity contribution in [2.45, 2.75) is 45.3 Å². The molecule has 1 heterocycles. The molecule has 0 saturated heterocycles. The highest BCUT2D eigenvalue weighted by Gasteiger charge is 2.20. The Morgan fingerprint density at radius 3 is 2.57 bits per heavy atom. The van der Waals surface area contributed by atoms with Crippen molar-refractivity contribution in [2.24, 2.45) is 0 Å². The van der Waals surface area contributed by atoms with Crippen molar-refractivity contribution >= 4 is 11.0 Å². The summed E-state index contributed by atoms with van der Waals surface area (Å²) < 4.78 is 5.52. The number of benzene rings is 1.